The van der Waals surface area contributed by atoms with E-state index in [1.807, 2.05) is 6.92 Å². The summed E-state index contributed by atoms with van der Waals surface area (Å²) in [4.78, 5) is 0. The highest BCUT2D eigenvalue weighted by Gasteiger charge is 2.28. The first-order chi connectivity index (χ1) is 5.77. The van der Waals surface area contributed by atoms with Crippen LogP contribution in [0.4, 0.5) is 13.2 Å². The molecule has 0 aromatic rings. The Hall–Kier alpha value is -0.290. The van der Waals surface area contributed by atoms with Gasteiger partial charge in [0.25, 0.3) is 0 Å². The average Bonchev–Trinajstić information content (AvgIpc) is 1.82. The monoisotopic (exact) mass is 199 g/mol. The predicted molar refractivity (Wildman–Crippen MR) is 44.5 cm³/mol. The Balaban J connectivity index is 3.63. The van der Waals surface area contributed by atoms with Crippen molar-refractivity contribution < 1.29 is 18.3 Å². The van der Waals surface area contributed by atoms with Crippen molar-refractivity contribution in [3.8, 4) is 0 Å². The maximum atomic E-state index is 11.7. The van der Waals surface area contributed by atoms with Crippen LogP contribution in [-0.2, 0) is 0 Å². The van der Waals surface area contributed by atoms with Crippen molar-refractivity contribution in [3.63, 3.8) is 0 Å². The lowest BCUT2D eigenvalue weighted by Gasteiger charge is -2.23. The van der Waals surface area contributed by atoms with Gasteiger partial charge in [0.2, 0.25) is 0 Å². The van der Waals surface area contributed by atoms with Gasteiger partial charge in [-0.05, 0) is 13.3 Å². The van der Waals surface area contributed by atoms with E-state index in [1.165, 1.54) is 6.92 Å². The molecule has 1 unspecified atom stereocenters. The summed E-state index contributed by atoms with van der Waals surface area (Å²) >= 11 is 0. The Morgan fingerprint density at radius 1 is 1.23 bits per heavy atom. The smallest absolute Gasteiger partial charge is 0.389 e. The third-order valence-electron chi connectivity index (χ3n) is 1.62. The first-order valence-corrected chi connectivity index (χ1v) is 4.27. The van der Waals surface area contributed by atoms with Crippen molar-refractivity contribution >= 4 is 0 Å². The van der Waals surface area contributed by atoms with Crippen LogP contribution < -0.4 is 5.32 Å². The molecule has 0 rings (SSSR count). The minimum atomic E-state index is -4.21. The fraction of sp³-hybridized carbons (Fsp3) is 1.00. The van der Waals surface area contributed by atoms with E-state index in [1.54, 1.807) is 0 Å². The summed E-state index contributed by atoms with van der Waals surface area (Å²) in [6.45, 7) is 2.32. The molecular weight excluding hydrogens is 183 g/mol. The van der Waals surface area contributed by atoms with Crippen LogP contribution in [0.2, 0.25) is 0 Å². The molecule has 0 saturated heterocycles. The summed E-state index contributed by atoms with van der Waals surface area (Å²) in [6, 6.07) is 0. The van der Waals surface area contributed by atoms with Crippen molar-refractivity contribution in [1.29, 1.82) is 0 Å². The molecule has 0 amide bonds. The number of rotatable bonds is 5. The van der Waals surface area contributed by atoms with E-state index in [2.05, 4.69) is 5.32 Å². The fourth-order valence-electron chi connectivity index (χ4n) is 1.10. The van der Waals surface area contributed by atoms with Gasteiger partial charge in [-0.2, -0.15) is 13.2 Å². The van der Waals surface area contributed by atoms with Gasteiger partial charge < -0.3 is 10.4 Å². The van der Waals surface area contributed by atoms with Gasteiger partial charge >= 0.3 is 6.18 Å². The normalized spacial score (nSPS) is 17.1. The molecule has 0 spiro atoms. The molecule has 5 heteroatoms. The fourth-order valence-corrected chi connectivity index (χ4v) is 1.10. The second kappa shape index (κ2) is 4.81. The predicted octanol–water partition coefficient (Wildman–Crippen LogP) is 1.69. The zero-order chi connectivity index (χ0) is 10.5. The summed E-state index contributed by atoms with van der Waals surface area (Å²) in [7, 11) is 0. The minimum Gasteiger partial charge on any atom is -0.389 e. The van der Waals surface area contributed by atoms with Crippen LogP contribution in [0.5, 0.6) is 0 Å². The number of alkyl halides is 3. The van der Waals surface area contributed by atoms with E-state index >= 15 is 0 Å². The Labute approximate surface area is 76.1 Å². The Morgan fingerprint density at radius 2 is 1.77 bits per heavy atom. The van der Waals surface area contributed by atoms with Crippen LogP contribution >= 0.6 is 0 Å². The molecule has 80 valence electrons. The molecule has 0 aliphatic carbocycles. The van der Waals surface area contributed by atoms with Crippen LogP contribution in [0.3, 0.4) is 0 Å². The highest BCUT2D eigenvalue weighted by Crippen LogP contribution is 2.14. The van der Waals surface area contributed by atoms with Crippen molar-refractivity contribution in [2.45, 2.75) is 38.5 Å². The number of hydrogen-bond acceptors (Lipinski definition) is 2. The zero-order valence-electron chi connectivity index (χ0n) is 7.91. The van der Waals surface area contributed by atoms with Crippen molar-refractivity contribution in [1.82, 2.24) is 5.32 Å². The maximum Gasteiger partial charge on any atom is 0.401 e. The summed E-state index contributed by atoms with van der Waals surface area (Å²) in [5.74, 6) is 0. The van der Waals surface area contributed by atoms with Crippen LogP contribution in [0.1, 0.15) is 26.7 Å². The van der Waals surface area contributed by atoms with E-state index in [4.69, 9.17) is 0 Å². The molecular formula is C8H16F3NO. The molecule has 0 bridgehead atoms. The van der Waals surface area contributed by atoms with Crippen molar-refractivity contribution in [2.75, 3.05) is 13.1 Å². The number of halogens is 3. The molecule has 1 atom stereocenters. The van der Waals surface area contributed by atoms with Gasteiger partial charge in [-0.3, -0.25) is 0 Å². The Bertz CT molecular complexity index is 145. The molecule has 2 nitrogen and oxygen atoms in total. The maximum absolute atomic E-state index is 11.7. The van der Waals surface area contributed by atoms with Gasteiger partial charge in [0, 0.05) is 6.54 Å². The number of hydrogen-bond donors (Lipinski definition) is 2. The Morgan fingerprint density at radius 3 is 2.15 bits per heavy atom. The Kier molecular flexibility index (Phi) is 4.70. The van der Waals surface area contributed by atoms with E-state index in [9.17, 15) is 18.3 Å². The van der Waals surface area contributed by atoms with E-state index in [-0.39, 0.29) is 6.54 Å². The lowest BCUT2D eigenvalue weighted by molar-refractivity contribution is -0.126. The van der Waals surface area contributed by atoms with Crippen LogP contribution in [0.15, 0.2) is 0 Å². The van der Waals surface area contributed by atoms with E-state index in [0.717, 1.165) is 6.42 Å². The minimum absolute atomic E-state index is 0.0274. The first kappa shape index (κ1) is 12.7. The van der Waals surface area contributed by atoms with Crippen LogP contribution in [-0.4, -0.2) is 30.0 Å². The number of nitrogens with one attached hydrogen (secondary N) is 1. The van der Waals surface area contributed by atoms with Gasteiger partial charge in [-0.1, -0.05) is 13.3 Å². The highest BCUT2D eigenvalue weighted by molar-refractivity contribution is 4.75. The van der Waals surface area contributed by atoms with E-state index < -0.39 is 18.3 Å². The standard InChI is InChI=1S/C8H16F3NO/c1-3-4-7(2,13)5-12-6-8(9,10)11/h12-13H,3-6H2,1-2H3. The second-order valence-electron chi connectivity index (χ2n) is 3.47. The average molecular weight is 199 g/mol. The van der Waals surface area contributed by atoms with Crippen molar-refractivity contribution in [2.24, 2.45) is 0 Å². The van der Waals surface area contributed by atoms with Gasteiger partial charge in [0.05, 0.1) is 12.1 Å². The van der Waals surface area contributed by atoms with Crippen LogP contribution in [0, 0.1) is 0 Å². The number of aliphatic hydroxyl groups is 1. The van der Waals surface area contributed by atoms with Gasteiger partial charge in [0.1, 0.15) is 0 Å². The van der Waals surface area contributed by atoms with Crippen LogP contribution in [0.25, 0.3) is 0 Å². The van der Waals surface area contributed by atoms with Gasteiger partial charge in [0.15, 0.2) is 0 Å². The molecule has 0 aliphatic rings. The molecule has 0 heterocycles. The summed E-state index contributed by atoms with van der Waals surface area (Å²) in [5, 5.41) is 11.7. The third-order valence-corrected chi connectivity index (χ3v) is 1.62. The zero-order valence-corrected chi connectivity index (χ0v) is 7.91. The molecule has 2 N–H and O–H groups in total. The summed E-state index contributed by atoms with van der Waals surface area (Å²) < 4.78 is 35.0. The summed E-state index contributed by atoms with van der Waals surface area (Å²) in [6.07, 6.45) is -2.96. The SMILES string of the molecule is CCCC(C)(O)CNCC(F)(F)F. The van der Waals surface area contributed by atoms with Crippen molar-refractivity contribution in [3.05, 3.63) is 0 Å². The molecule has 0 aromatic heterocycles. The summed E-state index contributed by atoms with van der Waals surface area (Å²) in [5.41, 5.74) is -1.04. The largest absolute Gasteiger partial charge is 0.401 e. The molecule has 0 fully saturated rings. The molecule has 0 aliphatic heterocycles. The topological polar surface area (TPSA) is 32.3 Å². The van der Waals surface area contributed by atoms with E-state index in [0.29, 0.717) is 6.42 Å². The highest BCUT2D eigenvalue weighted by atomic mass is 19.4. The molecule has 0 saturated carbocycles. The van der Waals surface area contributed by atoms with Gasteiger partial charge in [-0.15, -0.1) is 0 Å². The molecule has 0 radical (unpaired) electrons. The quantitative estimate of drug-likeness (QED) is 0.706. The second-order valence-corrected chi connectivity index (χ2v) is 3.47. The lowest BCUT2D eigenvalue weighted by Crippen LogP contribution is -2.41. The van der Waals surface area contributed by atoms with Gasteiger partial charge in [-0.25, -0.2) is 0 Å². The lowest BCUT2D eigenvalue weighted by atomic mass is 10.0. The first-order valence-electron chi connectivity index (χ1n) is 4.27. The molecule has 13 heavy (non-hydrogen) atoms. The molecule has 0 aromatic carbocycles. The third kappa shape index (κ3) is 8.05.